The van der Waals surface area contributed by atoms with Crippen LogP contribution in [-0.2, 0) is 7.05 Å². The molecule has 0 bridgehead atoms. The molecule has 0 aliphatic carbocycles. The van der Waals surface area contributed by atoms with Gasteiger partial charge in [0.1, 0.15) is 5.82 Å². The standard InChI is InChI=1S/C15H20FN3O/c1-10(14-8-18-19(3)11(14)2)17-9-15(20)12-4-6-13(16)7-5-12/h4-8,10,15,17,20H,9H2,1-3H3. The zero-order chi connectivity index (χ0) is 14.7. The van der Waals surface area contributed by atoms with E-state index in [2.05, 4.69) is 10.4 Å². The van der Waals surface area contributed by atoms with Gasteiger partial charge in [0.05, 0.1) is 12.3 Å². The average molecular weight is 277 g/mol. The molecule has 1 aromatic carbocycles. The van der Waals surface area contributed by atoms with Crippen molar-refractivity contribution in [2.24, 2.45) is 7.05 Å². The van der Waals surface area contributed by atoms with Gasteiger partial charge in [-0.25, -0.2) is 4.39 Å². The minimum absolute atomic E-state index is 0.0961. The summed E-state index contributed by atoms with van der Waals surface area (Å²) in [5.41, 5.74) is 2.91. The molecule has 0 spiro atoms. The number of aliphatic hydroxyl groups excluding tert-OH is 1. The Labute approximate surface area is 118 Å². The summed E-state index contributed by atoms with van der Waals surface area (Å²) < 4.78 is 14.6. The highest BCUT2D eigenvalue weighted by Crippen LogP contribution is 2.18. The van der Waals surface area contributed by atoms with Crippen molar-refractivity contribution in [2.75, 3.05) is 6.54 Å². The van der Waals surface area contributed by atoms with Crippen LogP contribution in [-0.4, -0.2) is 21.4 Å². The van der Waals surface area contributed by atoms with Gasteiger partial charge in [0.2, 0.25) is 0 Å². The molecular weight excluding hydrogens is 257 g/mol. The Bertz CT molecular complexity index is 565. The van der Waals surface area contributed by atoms with Crippen molar-refractivity contribution >= 4 is 0 Å². The van der Waals surface area contributed by atoms with Gasteiger partial charge in [0, 0.05) is 30.9 Å². The molecule has 2 N–H and O–H groups in total. The van der Waals surface area contributed by atoms with Crippen molar-refractivity contribution in [1.29, 1.82) is 0 Å². The van der Waals surface area contributed by atoms with E-state index in [1.807, 2.05) is 31.8 Å². The SMILES string of the molecule is Cc1c(C(C)NCC(O)c2ccc(F)cc2)cnn1C. The number of halogens is 1. The first-order valence-corrected chi connectivity index (χ1v) is 6.64. The highest BCUT2D eigenvalue weighted by Gasteiger charge is 2.14. The molecule has 2 atom stereocenters. The molecule has 0 saturated carbocycles. The fraction of sp³-hybridized carbons (Fsp3) is 0.400. The van der Waals surface area contributed by atoms with Crippen LogP contribution in [0.15, 0.2) is 30.5 Å². The Kier molecular flexibility index (Phi) is 4.52. The number of benzene rings is 1. The summed E-state index contributed by atoms with van der Waals surface area (Å²) in [6, 6.07) is 6.00. The summed E-state index contributed by atoms with van der Waals surface area (Å²) >= 11 is 0. The number of hydrogen-bond acceptors (Lipinski definition) is 3. The van der Waals surface area contributed by atoms with Gasteiger partial charge in [-0.15, -0.1) is 0 Å². The van der Waals surface area contributed by atoms with Gasteiger partial charge in [-0.2, -0.15) is 5.10 Å². The highest BCUT2D eigenvalue weighted by atomic mass is 19.1. The molecule has 2 rings (SSSR count). The van der Waals surface area contributed by atoms with Gasteiger partial charge in [-0.3, -0.25) is 4.68 Å². The molecule has 1 aromatic heterocycles. The van der Waals surface area contributed by atoms with Crippen LogP contribution in [0, 0.1) is 12.7 Å². The maximum atomic E-state index is 12.8. The lowest BCUT2D eigenvalue weighted by Gasteiger charge is -2.17. The van der Waals surface area contributed by atoms with Crippen molar-refractivity contribution in [3.05, 3.63) is 53.1 Å². The van der Waals surface area contributed by atoms with E-state index in [1.54, 1.807) is 12.1 Å². The van der Waals surface area contributed by atoms with Gasteiger partial charge in [-0.1, -0.05) is 12.1 Å². The maximum Gasteiger partial charge on any atom is 0.123 e. The minimum atomic E-state index is -0.657. The lowest BCUT2D eigenvalue weighted by atomic mass is 10.1. The van der Waals surface area contributed by atoms with Crippen LogP contribution in [0.2, 0.25) is 0 Å². The second-order valence-electron chi connectivity index (χ2n) is 5.01. The number of aryl methyl sites for hydroxylation is 1. The van der Waals surface area contributed by atoms with Gasteiger partial charge in [0.15, 0.2) is 0 Å². The molecule has 2 unspecified atom stereocenters. The van der Waals surface area contributed by atoms with Crippen LogP contribution in [0.1, 0.15) is 35.9 Å². The monoisotopic (exact) mass is 277 g/mol. The largest absolute Gasteiger partial charge is 0.387 e. The number of aliphatic hydroxyl groups is 1. The summed E-state index contributed by atoms with van der Waals surface area (Å²) in [5.74, 6) is -0.298. The molecule has 0 radical (unpaired) electrons. The average Bonchev–Trinajstić information content (AvgIpc) is 2.77. The maximum absolute atomic E-state index is 12.8. The Hall–Kier alpha value is -1.72. The van der Waals surface area contributed by atoms with Crippen molar-refractivity contribution in [3.63, 3.8) is 0 Å². The van der Waals surface area contributed by atoms with E-state index in [1.165, 1.54) is 12.1 Å². The van der Waals surface area contributed by atoms with Crippen LogP contribution >= 0.6 is 0 Å². The van der Waals surface area contributed by atoms with E-state index < -0.39 is 6.10 Å². The minimum Gasteiger partial charge on any atom is -0.387 e. The number of aromatic nitrogens is 2. The molecule has 0 fully saturated rings. The van der Waals surface area contributed by atoms with Gasteiger partial charge >= 0.3 is 0 Å². The normalized spacial score (nSPS) is 14.2. The van der Waals surface area contributed by atoms with Crippen molar-refractivity contribution < 1.29 is 9.50 Å². The van der Waals surface area contributed by atoms with Crippen LogP contribution < -0.4 is 5.32 Å². The predicted molar refractivity (Wildman–Crippen MR) is 75.7 cm³/mol. The Morgan fingerprint density at radius 1 is 1.35 bits per heavy atom. The summed E-state index contributed by atoms with van der Waals surface area (Å²) in [5, 5.41) is 17.5. The Morgan fingerprint density at radius 3 is 2.55 bits per heavy atom. The zero-order valence-corrected chi connectivity index (χ0v) is 12.0. The first-order chi connectivity index (χ1) is 9.49. The Morgan fingerprint density at radius 2 is 2.00 bits per heavy atom. The molecule has 0 aliphatic heterocycles. The second-order valence-corrected chi connectivity index (χ2v) is 5.01. The summed E-state index contributed by atoms with van der Waals surface area (Å²) in [6.45, 7) is 4.44. The fourth-order valence-electron chi connectivity index (χ4n) is 2.14. The zero-order valence-electron chi connectivity index (χ0n) is 12.0. The smallest absolute Gasteiger partial charge is 0.123 e. The molecular formula is C15H20FN3O. The lowest BCUT2D eigenvalue weighted by Crippen LogP contribution is -2.25. The molecule has 0 amide bonds. The van der Waals surface area contributed by atoms with Crippen LogP contribution in [0.3, 0.4) is 0 Å². The van der Waals surface area contributed by atoms with E-state index in [0.29, 0.717) is 12.1 Å². The summed E-state index contributed by atoms with van der Waals surface area (Å²) in [4.78, 5) is 0. The third-order valence-electron chi connectivity index (χ3n) is 3.61. The van der Waals surface area contributed by atoms with E-state index in [9.17, 15) is 9.50 Å². The molecule has 0 saturated heterocycles. The van der Waals surface area contributed by atoms with Crippen LogP contribution in [0.5, 0.6) is 0 Å². The van der Waals surface area contributed by atoms with Crippen molar-refractivity contribution in [1.82, 2.24) is 15.1 Å². The summed E-state index contributed by atoms with van der Waals surface area (Å²) in [6.07, 6.45) is 1.17. The third kappa shape index (κ3) is 3.23. The Balaban J connectivity index is 1.94. The van der Waals surface area contributed by atoms with Crippen LogP contribution in [0.25, 0.3) is 0 Å². The van der Waals surface area contributed by atoms with Gasteiger partial charge in [-0.05, 0) is 31.5 Å². The van der Waals surface area contributed by atoms with Gasteiger partial charge < -0.3 is 10.4 Å². The lowest BCUT2D eigenvalue weighted by molar-refractivity contribution is 0.170. The molecule has 4 nitrogen and oxygen atoms in total. The first-order valence-electron chi connectivity index (χ1n) is 6.64. The molecule has 20 heavy (non-hydrogen) atoms. The molecule has 1 heterocycles. The fourth-order valence-corrected chi connectivity index (χ4v) is 2.14. The summed E-state index contributed by atoms with van der Waals surface area (Å²) in [7, 11) is 1.90. The first kappa shape index (κ1) is 14.7. The second kappa shape index (κ2) is 6.15. The van der Waals surface area contributed by atoms with E-state index in [4.69, 9.17) is 0 Å². The number of hydrogen-bond donors (Lipinski definition) is 2. The van der Waals surface area contributed by atoms with Crippen molar-refractivity contribution in [3.8, 4) is 0 Å². The molecule has 0 aliphatic rings. The van der Waals surface area contributed by atoms with E-state index in [-0.39, 0.29) is 11.9 Å². The van der Waals surface area contributed by atoms with E-state index in [0.717, 1.165) is 11.3 Å². The highest BCUT2D eigenvalue weighted by molar-refractivity contribution is 5.21. The van der Waals surface area contributed by atoms with Crippen molar-refractivity contribution in [2.45, 2.75) is 26.0 Å². The molecule has 108 valence electrons. The predicted octanol–water partition coefficient (Wildman–Crippen LogP) is 2.25. The number of rotatable bonds is 5. The van der Waals surface area contributed by atoms with Crippen LogP contribution in [0.4, 0.5) is 4.39 Å². The van der Waals surface area contributed by atoms with E-state index >= 15 is 0 Å². The third-order valence-corrected chi connectivity index (χ3v) is 3.61. The quantitative estimate of drug-likeness (QED) is 0.881. The number of nitrogens with zero attached hydrogens (tertiary/aromatic N) is 2. The topological polar surface area (TPSA) is 50.1 Å². The molecule has 2 aromatic rings. The molecule has 5 heteroatoms. The number of nitrogens with one attached hydrogen (secondary N) is 1. The van der Waals surface area contributed by atoms with Gasteiger partial charge in [0.25, 0.3) is 0 Å².